The summed E-state index contributed by atoms with van der Waals surface area (Å²) in [6, 6.07) is 0. The van der Waals surface area contributed by atoms with Crippen molar-refractivity contribution in [1.29, 1.82) is 0 Å². The van der Waals surface area contributed by atoms with Crippen molar-refractivity contribution < 1.29 is 0 Å². The molecule has 0 aliphatic carbocycles. The SMILES string of the molecule is CC/C=C\N(C)/N=C\CC. The van der Waals surface area contributed by atoms with Gasteiger partial charge in [-0.25, -0.2) is 0 Å². The molecule has 0 unspecified atom stereocenters. The van der Waals surface area contributed by atoms with Crippen LogP contribution in [0, 0.1) is 0 Å². The van der Waals surface area contributed by atoms with Crippen molar-refractivity contribution in [2.45, 2.75) is 26.7 Å². The number of rotatable bonds is 4. The van der Waals surface area contributed by atoms with Crippen molar-refractivity contribution in [2.75, 3.05) is 7.05 Å². The summed E-state index contributed by atoms with van der Waals surface area (Å²) in [6.07, 6.45) is 7.98. The Morgan fingerprint density at radius 3 is 2.50 bits per heavy atom. The molecule has 0 saturated heterocycles. The van der Waals surface area contributed by atoms with Gasteiger partial charge >= 0.3 is 0 Å². The topological polar surface area (TPSA) is 15.6 Å². The van der Waals surface area contributed by atoms with Crippen molar-refractivity contribution in [3.63, 3.8) is 0 Å². The summed E-state index contributed by atoms with van der Waals surface area (Å²) in [4.78, 5) is 0. The fourth-order valence-electron chi connectivity index (χ4n) is 0.507. The van der Waals surface area contributed by atoms with Crippen LogP contribution in [0.1, 0.15) is 26.7 Å². The zero-order valence-electron chi connectivity index (χ0n) is 7.04. The lowest BCUT2D eigenvalue weighted by Gasteiger charge is -2.03. The first-order valence-electron chi connectivity index (χ1n) is 3.73. The van der Waals surface area contributed by atoms with Crippen LogP contribution < -0.4 is 0 Å². The molecule has 0 aromatic heterocycles. The van der Waals surface area contributed by atoms with Gasteiger partial charge in [0.25, 0.3) is 0 Å². The second kappa shape index (κ2) is 6.33. The highest BCUT2D eigenvalue weighted by atomic mass is 15.4. The highest BCUT2D eigenvalue weighted by molar-refractivity contribution is 5.56. The van der Waals surface area contributed by atoms with Crippen molar-refractivity contribution in [3.8, 4) is 0 Å². The molecule has 0 N–H and O–H groups in total. The Kier molecular flexibility index (Phi) is 5.83. The summed E-state index contributed by atoms with van der Waals surface area (Å²) in [6.45, 7) is 4.18. The minimum Gasteiger partial charge on any atom is -0.277 e. The smallest absolute Gasteiger partial charge is 0.0296 e. The highest BCUT2D eigenvalue weighted by Crippen LogP contribution is 1.87. The molecule has 0 bridgehead atoms. The van der Waals surface area contributed by atoms with Gasteiger partial charge in [0.1, 0.15) is 0 Å². The first kappa shape index (κ1) is 9.21. The lowest BCUT2D eigenvalue weighted by Crippen LogP contribution is -2.00. The van der Waals surface area contributed by atoms with Crippen LogP contribution in [0.3, 0.4) is 0 Å². The zero-order valence-corrected chi connectivity index (χ0v) is 7.04. The van der Waals surface area contributed by atoms with Crippen LogP contribution in [0.15, 0.2) is 17.4 Å². The summed E-state index contributed by atoms with van der Waals surface area (Å²) in [7, 11) is 1.93. The van der Waals surface area contributed by atoms with E-state index in [9.17, 15) is 0 Å². The molecule has 10 heavy (non-hydrogen) atoms. The minimum atomic E-state index is 0.990. The average molecular weight is 140 g/mol. The Labute approximate surface area is 63.2 Å². The van der Waals surface area contributed by atoms with Crippen LogP contribution in [0.4, 0.5) is 0 Å². The van der Waals surface area contributed by atoms with Crippen molar-refractivity contribution in [3.05, 3.63) is 12.3 Å². The summed E-state index contributed by atoms with van der Waals surface area (Å²) in [5.41, 5.74) is 0. The van der Waals surface area contributed by atoms with E-state index in [-0.39, 0.29) is 0 Å². The Bertz CT molecular complexity index is 102. The highest BCUT2D eigenvalue weighted by Gasteiger charge is 1.78. The summed E-state index contributed by atoms with van der Waals surface area (Å²) in [5, 5.41) is 5.91. The maximum atomic E-state index is 4.10. The van der Waals surface area contributed by atoms with Gasteiger partial charge in [-0.15, -0.1) is 0 Å². The molecule has 0 rings (SSSR count). The standard InChI is InChI=1S/C8H16N2/c1-4-6-8-10(3)9-7-5-2/h6-8H,4-5H2,1-3H3/b8-6-,9-7-. The summed E-state index contributed by atoms with van der Waals surface area (Å²) in [5.74, 6) is 0. The molecule has 0 fully saturated rings. The van der Waals surface area contributed by atoms with Crippen LogP contribution in [-0.4, -0.2) is 18.3 Å². The van der Waals surface area contributed by atoms with Gasteiger partial charge in [0.05, 0.1) is 0 Å². The number of hydrazone groups is 1. The average Bonchev–Trinajstić information content (AvgIpc) is 1.97. The third-order valence-corrected chi connectivity index (χ3v) is 1.00. The van der Waals surface area contributed by atoms with E-state index in [1.807, 2.05) is 24.5 Å². The molecule has 0 amide bonds. The zero-order chi connectivity index (χ0) is 7.82. The van der Waals surface area contributed by atoms with E-state index in [1.54, 1.807) is 0 Å². The van der Waals surface area contributed by atoms with E-state index >= 15 is 0 Å². The van der Waals surface area contributed by atoms with Gasteiger partial charge in [0, 0.05) is 19.5 Å². The first-order chi connectivity index (χ1) is 4.81. The van der Waals surface area contributed by atoms with Crippen molar-refractivity contribution in [2.24, 2.45) is 5.10 Å². The Morgan fingerprint density at radius 1 is 1.30 bits per heavy atom. The molecule has 0 saturated carbocycles. The Balaban J connectivity index is 3.52. The number of hydrogen-bond donors (Lipinski definition) is 0. The predicted molar refractivity (Wildman–Crippen MR) is 46.0 cm³/mol. The van der Waals surface area contributed by atoms with Gasteiger partial charge < -0.3 is 0 Å². The molecule has 0 atom stereocenters. The fraction of sp³-hybridized carbons (Fsp3) is 0.625. The van der Waals surface area contributed by atoms with E-state index in [2.05, 4.69) is 25.0 Å². The molecule has 2 nitrogen and oxygen atoms in total. The molecule has 2 heteroatoms. The van der Waals surface area contributed by atoms with Gasteiger partial charge in [0.2, 0.25) is 0 Å². The van der Waals surface area contributed by atoms with Gasteiger partial charge in [0.15, 0.2) is 0 Å². The van der Waals surface area contributed by atoms with E-state index in [0.717, 1.165) is 12.8 Å². The van der Waals surface area contributed by atoms with Gasteiger partial charge in [-0.1, -0.05) is 19.9 Å². The van der Waals surface area contributed by atoms with Crippen molar-refractivity contribution in [1.82, 2.24) is 5.01 Å². The Hall–Kier alpha value is -0.790. The minimum absolute atomic E-state index is 0.990. The maximum Gasteiger partial charge on any atom is 0.0296 e. The van der Waals surface area contributed by atoms with Crippen LogP contribution in [0.2, 0.25) is 0 Å². The molecule has 0 aromatic rings. The third-order valence-electron chi connectivity index (χ3n) is 1.00. The predicted octanol–water partition coefficient (Wildman–Crippen LogP) is 2.24. The summed E-state index contributed by atoms with van der Waals surface area (Å²) < 4.78 is 0. The largest absolute Gasteiger partial charge is 0.277 e. The van der Waals surface area contributed by atoms with Crippen LogP contribution in [0.5, 0.6) is 0 Å². The van der Waals surface area contributed by atoms with Gasteiger partial charge in [-0.3, -0.25) is 5.01 Å². The fourth-order valence-corrected chi connectivity index (χ4v) is 0.507. The second-order valence-corrected chi connectivity index (χ2v) is 2.07. The van der Waals surface area contributed by atoms with Gasteiger partial charge in [-0.2, -0.15) is 5.10 Å². The van der Waals surface area contributed by atoms with E-state index in [1.165, 1.54) is 0 Å². The molecular weight excluding hydrogens is 124 g/mol. The van der Waals surface area contributed by atoms with Crippen molar-refractivity contribution >= 4 is 6.21 Å². The first-order valence-corrected chi connectivity index (χ1v) is 3.73. The normalized spacial score (nSPS) is 11.5. The molecule has 0 aromatic carbocycles. The van der Waals surface area contributed by atoms with Gasteiger partial charge in [-0.05, 0) is 12.8 Å². The molecule has 58 valence electrons. The van der Waals surface area contributed by atoms with Crippen LogP contribution in [-0.2, 0) is 0 Å². The molecule has 0 aliphatic heterocycles. The number of allylic oxidation sites excluding steroid dienone is 1. The lowest BCUT2D eigenvalue weighted by molar-refractivity contribution is 0.490. The van der Waals surface area contributed by atoms with Crippen LogP contribution in [0.25, 0.3) is 0 Å². The molecule has 0 heterocycles. The third kappa shape index (κ3) is 5.35. The quantitative estimate of drug-likeness (QED) is 0.432. The number of nitrogens with zero attached hydrogens (tertiary/aromatic N) is 2. The number of hydrogen-bond acceptors (Lipinski definition) is 2. The van der Waals surface area contributed by atoms with E-state index in [4.69, 9.17) is 0 Å². The Morgan fingerprint density at radius 2 is 2.00 bits per heavy atom. The molecule has 0 spiro atoms. The molecule has 0 radical (unpaired) electrons. The van der Waals surface area contributed by atoms with E-state index in [0.29, 0.717) is 0 Å². The van der Waals surface area contributed by atoms with Crippen LogP contribution >= 0.6 is 0 Å². The lowest BCUT2D eigenvalue weighted by atomic mass is 10.5. The molecule has 0 aliphatic rings. The monoisotopic (exact) mass is 140 g/mol. The maximum absolute atomic E-state index is 4.10. The van der Waals surface area contributed by atoms with E-state index < -0.39 is 0 Å². The summed E-state index contributed by atoms with van der Waals surface area (Å²) >= 11 is 0. The molecular formula is C8H16N2. The second-order valence-electron chi connectivity index (χ2n) is 2.07.